The fourth-order valence-electron chi connectivity index (χ4n) is 2.44. The summed E-state index contributed by atoms with van der Waals surface area (Å²) in [5, 5.41) is 1.27. The van der Waals surface area contributed by atoms with Crippen LogP contribution in [-0.2, 0) is 16.2 Å². The molecule has 26 heavy (non-hydrogen) atoms. The third-order valence-corrected chi connectivity index (χ3v) is 5.21. The van der Waals surface area contributed by atoms with E-state index in [-0.39, 0.29) is 10.6 Å². The van der Waals surface area contributed by atoms with Gasteiger partial charge in [0.15, 0.2) is 0 Å². The molecule has 0 heterocycles. The molecule has 0 saturated heterocycles. The monoisotopic (exact) mass is 381 g/mol. The molecule has 1 N–H and O–H groups in total. The van der Waals surface area contributed by atoms with Crippen molar-refractivity contribution in [2.75, 3.05) is 7.05 Å². The Morgan fingerprint density at radius 2 is 1.65 bits per heavy atom. The molecule has 0 unspecified atom stereocenters. The predicted molar refractivity (Wildman–Crippen MR) is 91.7 cm³/mol. The number of fused-ring (bicyclic) bond motifs is 1. The molecular formula is C18H14F3NO3S. The molecule has 0 aliphatic rings. The Kier molecular flexibility index (Phi) is 4.64. The van der Waals surface area contributed by atoms with E-state index in [1.165, 1.54) is 31.3 Å². The third-order valence-electron chi connectivity index (χ3n) is 3.80. The fourth-order valence-corrected chi connectivity index (χ4v) is 3.21. The quantitative estimate of drug-likeness (QED) is 0.721. The Bertz CT molecular complexity index is 1050. The molecule has 3 aromatic rings. The van der Waals surface area contributed by atoms with Gasteiger partial charge >= 0.3 is 6.18 Å². The average Bonchev–Trinajstić information content (AvgIpc) is 2.61. The van der Waals surface area contributed by atoms with Crippen LogP contribution in [0.25, 0.3) is 10.8 Å². The van der Waals surface area contributed by atoms with E-state index in [2.05, 4.69) is 4.72 Å². The van der Waals surface area contributed by atoms with Crippen molar-refractivity contribution in [2.24, 2.45) is 0 Å². The van der Waals surface area contributed by atoms with Gasteiger partial charge in [-0.3, -0.25) is 0 Å². The van der Waals surface area contributed by atoms with Gasteiger partial charge in [0.2, 0.25) is 10.0 Å². The van der Waals surface area contributed by atoms with Gasteiger partial charge in [0.25, 0.3) is 0 Å². The number of sulfonamides is 1. The minimum Gasteiger partial charge on any atom is -0.457 e. The van der Waals surface area contributed by atoms with E-state index in [4.69, 9.17) is 4.74 Å². The Balaban J connectivity index is 1.96. The molecule has 0 bridgehead atoms. The molecule has 0 atom stereocenters. The minimum atomic E-state index is -4.41. The normalized spacial score (nSPS) is 12.3. The summed E-state index contributed by atoms with van der Waals surface area (Å²) in [6.45, 7) is 0. The summed E-state index contributed by atoms with van der Waals surface area (Å²) in [5.41, 5.74) is -0.760. The zero-order valence-electron chi connectivity index (χ0n) is 13.5. The number of halogens is 3. The smallest absolute Gasteiger partial charge is 0.416 e. The highest BCUT2D eigenvalue weighted by Crippen LogP contribution is 2.34. The molecule has 136 valence electrons. The van der Waals surface area contributed by atoms with Gasteiger partial charge < -0.3 is 4.74 Å². The van der Waals surface area contributed by atoms with Gasteiger partial charge in [0.1, 0.15) is 11.5 Å². The molecule has 3 rings (SSSR count). The molecule has 0 fully saturated rings. The summed E-state index contributed by atoms with van der Waals surface area (Å²) in [5.74, 6) is 0.660. The topological polar surface area (TPSA) is 55.4 Å². The fraction of sp³-hybridized carbons (Fsp3) is 0.111. The second kappa shape index (κ2) is 6.62. The summed E-state index contributed by atoms with van der Waals surface area (Å²) >= 11 is 0. The lowest BCUT2D eigenvalue weighted by atomic mass is 10.1. The van der Waals surface area contributed by atoms with Crippen molar-refractivity contribution < 1.29 is 26.3 Å². The van der Waals surface area contributed by atoms with Crippen LogP contribution in [0.15, 0.2) is 65.6 Å². The van der Waals surface area contributed by atoms with Gasteiger partial charge in [-0.15, -0.1) is 0 Å². The molecule has 0 radical (unpaired) electrons. The number of alkyl halides is 3. The van der Waals surface area contributed by atoms with Crippen LogP contribution in [0.1, 0.15) is 5.56 Å². The van der Waals surface area contributed by atoms with E-state index < -0.39 is 21.8 Å². The van der Waals surface area contributed by atoms with E-state index in [1.54, 1.807) is 24.3 Å². The minimum absolute atomic E-state index is 0.110. The SMILES string of the molecule is CNS(=O)(=O)c1ccc2c(Oc3ccc(C(F)(F)F)cc3)cccc2c1. The van der Waals surface area contributed by atoms with Crippen LogP contribution in [-0.4, -0.2) is 15.5 Å². The second-order valence-corrected chi connectivity index (χ2v) is 7.36. The number of nitrogens with one attached hydrogen (secondary N) is 1. The number of benzene rings is 3. The summed E-state index contributed by atoms with van der Waals surface area (Å²) in [6.07, 6.45) is -4.41. The van der Waals surface area contributed by atoms with E-state index in [0.717, 1.165) is 12.1 Å². The van der Waals surface area contributed by atoms with Gasteiger partial charge in [-0.1, -0.05) is 12.1 Å². The lowest BCUT2D eigenvalue weighted by Crippen LogP contribution is -2.18. The largest absolute Gasteiger partial charge is 0.457 e. The molecular weight excluding hydrogens is 367 g/mol. The highest BCUT2D eigenvalue weighted by Gasteiger charge is 2.30. The van der Waals surface area contributed by atoms with E-state index in [1.807, 2.05) is 0 Å². The Labute approximate surface area is 148 Å². The van der Waals surface area contributed by atoms with Crippen molar-refractivity contribution >= 4 is 20.8 Å². The van der Waals surface area contributed by atoms with E-state index in [9.17, 15) is 21.6 Å². The third kappa shape index (κ3) is 3.66. The Hall–Kier alpha value is -2.58. The maximum absolute atomic E-state index is 12.6. The van der Waals surface area contributed by atoms with Crippen LogP contribution in [0.4, 0.5) is 13.2 Å². The van der Waals surface area contributed by atoms with Gasteiger partial charge in [-0.2, -0.15) is 13.2 Å². The van der Waals surface area contributed by atoms with Crippen LogP contribution in [0.5, 0.6) is 11.5 Å². The number of rotatable bonds is 4. The van der Waals surface area contributed by atoms with Crippen LogP contribution >= 0.6 is 0 Å². The first-order valence-electron chi connectivity index (χ1n) is 7.52. The van der Waals surface area contributed by atoms with Crippen molar-refractivity contribution in [3.8, 4) is 11.5 Å². The summed E-state index contributed by atoms with van der Waals surface area (Å²) in [4.78, 5) is 0.110. The maximum atomic E-state index is 12.6. The molecule has 0 aliphatic heterocycles. The average molecular weight is 381 g/mol. The van der Waals surface area contributed by atoms with Crippen molar-refractivity contribution in [1.82, 2.24) is 4.72 Å². The van der Waals surface area contributed by atoms with Crippen molar-refractivity contribution in [3.63, 3.8) is 0 Å². The zero-order chi connectivity index (χ0) is 18.9. The molecule has 0 saturated carbocycles. The van der Waals surface area contributed by atoms with Gasteiger partial charge in [0.05, 0.1) is 10.5 Å². The molecule has 4 nitrogen and oxygen atoms in total. The highest BCUT2D eigenvalue weighted by molar-refractivity contribution is 7.89. The zero-order valence-corrected chi connectivity index (χ0v) is 14.4. The number of hydrogen-bond donors (Lipinski definition) is 1. The predicted octanol–water partition coefficient (Wildman–Crippen LogP) is 4.56. The molecule has 3 aromatic carbocycles. The van der Waals surface area contributed by atoms with Crippen molar-refractivity contribution in [2.45, 2.75) is 11.1 Å². The Morgan fingerprint density at radius 3 is 2.27 bits per heavy atom. The lowest BCUT2D eigenvalue weighted by Gasteiger charge is -2.11. The molecule has 8 heteroatoms. The summed E-state index contributed by atoms with van der Waals surface area (Å²) in [6, 6.07) is 14.0. The lowest BCUT2D eigenvalue weighted by molar-refractivity contribution is -0.137. The molecule has 0 aromatic heterocycles. The first-order valence-corrected chi connectivity index (χ1v) is 9.00. The van der Waals surface area contributed by atoms with Gasteiger partial charge in [-0.05, 0) is 61.0 Å². The molecule has 0 aliphatic carbocycles. The summed E-state index contributed by atoms with van der Waals surface area (Å²) < 4.78 is 69.6. The first-order chi connectivity index (χ1) is 12.2. The molecule has 0 amide bonds. The summed E-state index contributed by atoms with van der Waals surface area (Å²) in [7, 11) is -2.25. The molecule has 0 spiro atoms. The van der Waals surface area contributed by atoms with E-state index in [0.29, 0.717) is 16.5 Å². The second-order valence-electron chi connectivity index (χ2n) is 5.47. The highest BCUT2D eigenvalue weighted by atomic mass is 32.2. The standard InChI is InChI=1S/C18H14F3NO3S/c1-22-26(23,24)15-9-10-16-12(11-15)3-2-4-17(16)25-14-7-5-13(6-8-14)18(19,20)21/h2-11,22H,1H3. The maximum Gasteiger partial charge on any atom is 0.416 e. The number of ether oxygens (including phenoxy) is 1. The van der Waals surface area contributed by atoms with Gasteiger partial charge in [0, 0.05) is 5.39 Å². The van der Waals surface area contributed by atoms with Crippen LogP contribution in [0, 0.1) is 0 Å². The van der Waals surface area contributed by atoms with Crippen LogP contribution < -0.4 is 9.46 Å². The van der Waals surface area contributed by atoms with E-state index >= 15 is 0 Å². The first kappa shape index (κ1) is 18.2. The van der Waals surface area contributed by atoms with Crippen LogP contribution in [0.2, 0.25) is 0 Å². The Morgan fingerprint density at radius 1 is 0.962 bits per heavy atom. The number of hydrogen-bond acceptors (Lipinski definition) is 3. The van der Waals surface area contributed by atoms with Gasteiger partial charge in [-0.25, -0.2) is 13.1 Å². The van der Waals surface area contributed by atoms with Crippen molar-refractivity contribution in [1.29, 1.82) is 0 Å². The van der Waals surface area contributed by atoms with Crippen LogP contribution in [0.3, 0.4) is 0 Å². The van der Waals surface area contributed by atoms with Crippen molar-refractivity contribution in [3.05, 3.63) is 66.2 Å².